The van der Waals surface area contributed by atoms with E-state index in [1.54, 1.807) is 12.1 Å². The minimum Gasteiger partial charge on any atom is -0.349 e. The fraction of sp³-hybridized carbons (Fsp3) is 0.190. The molecule has 5 nitrogen and oxygen atoms in total. The Morgan fingerprint density at radius 1 is 1.18 bits per heavy atom. The lowest BCUT2D eigenvalue weighted by molar-refractivity contribution is -0.119. The van der Waals surface area contributed by atoms with Crippen molar-refractivity contribution in [3.63, 3.8) is 0 Å². The highest BCUT2D eigenvalue weighted by molar-refractivity contribution is 7.99. The SMILES string of the molecule is Cc1cc2nnc(SCC(=O)N[C@@H](C)c3ccc(F)cc3)n2c2ccccc12. The molecule has 1 atom stereocenters. The molecular weight excluding hydrogens is 375 g/mol. The van der Waals surface area contributed by atoms with E-state index in [9.17, 15) is 9.18 Å². The molecule has 0 aliphatic heterocycles. The first-order chi connectivity index (χ1) is 13.5. The molecule has 0 saturated heterocycles. The number of aryl methyl sites for hydroxylation is 1. The predicted molar refractivity (Wildman–Crippen MR) is 109 cm³/mol. The maximum Gasteiger partial charge on any atom is 0.230 e. The van der Waals surface area contributed by atoms with Crippen LogP contribution in [-0.4, -0.2) is 26.3 Å². The van der Waals surface area contributed by atoms with Crippen LogP contribution in [-0.2, 0) is 4.79 Å². The van der Waals surface area contributed by atoms with Crippen LogP contribution in [0.1, 0.15) is 24.1 Å². The Hall–Kier alpha value is -2.93. The standard InChI is InChI=1S/C21H19FN4OS/c1-13-11-19-24-25-21(26(19)18-6-4-3-5-17(13)18)28-12-20(27)23-14(2)15-7-9-16(22)10-8-15/h3-11,14H,12H2,1-2H3,(H,23,27)/t14-/m0/s1. The van der Waals surface area contributed by atoms with Gasteiger partial charge < -0.3 is 5.32 Å². The highest BCUT2D eigenvalue weighted by atomic mass is 32.2. The van der Waals surface area contributed by atoms with Gasteiger partial charge in [0.2, 0.25) is 5.91 Å². The molecule has 142 valence electrons. The number of nitrogens with one attached hydrogen (secondary N) is 1. The molecule has 0 aliphatic rings. The lowest BCUT2D eigenvalue weighted by Crippen LogP contribution is -2.28. The highest BCUT2D eigenvalue weighted by Gasteiger charge is 2.14. The van der Waals surface area contributed by atoms with Gasteiger partial charge in [0.1, 0.15) is 5.82 Å². The zero-order chi connectivity index (χ0) is 19.7. The van der Waals surface area contributed by atoms with Crippen LogP contribution in [0.15, 0.2) is 59.8 Å². The quantitative estimate of drug-likeness (QED) is 0.513. The Balaban J connectivity index is 1.50. The van der Waals surface area contributed by atoms with Crippen molar-refractivity contribution in [2.45, 2.75) is 25.0 Å². The topological polar surface area (TPSA) is 59.3 Å². The lowest BCUT2D eigenvalue weighted by atomic mass is 10.1. The first kappa shape index (κ1) is 18.4. The number of thioether (sulfide) groups is 1. The zero-order valence-corrected chi connectivity index (χ0v) is 16.3. The Morgan fingerprint density at radius 2 is 1.93 bits per heavy atom. The summed E-state index contributed by atoms with van der Waals surface area (Å²) in [7, 11) is 0. The van der Waals surface area contributed by atoms with Gasteiger partial charge in [0.15, 0.2) is 10.8 Å². The Labute approximate surface area is 166 Å². The van der Waals surface area contributed by atoms with E-state index in [-0.39, 0.29) is 23.5 Å². The molecule has 1 N–H and O–H groups in total. The number of fused-ring (bicyclic) bond motifs is 3. The third kappa shape index (κ3) is 3.57. The average molecular weight is 394 g/mol. The first-order valence-corrected chi connectivity index (χ1v) is 9.92. The van der Waals surface area contributed by atoms with Crippen LogP contribution in [0.25, 0.3) is 16.6 Å². The van der Waals surface area contributed by atoms with Crippen LogP contribution < -0.4 is 5.32 Å². The number of aromatic nitrogens is 3. The summed E-state index contributed by atoms with van der Waals surface area (Å²) in [6.45, 7) is 3.92. The van der Waals surface area contributed by atoms with Crippen LogP contribution in [0.2, 0.25) is 0 Å². The number of hydrogen-bond acceptors (Lipinski definition) is 4. The van der Waals surface area contributed by atoms with E-state index in [0.29, 0.717) is 5.16 Å². The molecule has 2 aromatic heterocycles. The van der Waals surface area contributed by atoms with Crippen LogP contribution in [0.4, 0.5) is 4.39 Å². The van der Waals surface area contributed by atoms with Crippen molar-refractivity contribution in [2.24, 2.45) is 0 Å². The normalized spacial score (nSPS) is 12.4. The molecule has 0 fully saturated rings. The molecule has 4 rings (SSSR count). The number of hydrogen-bond donors (Lipinski definition) is 1. The smallest absolute Gasteiger partial charge is 0.230 e. The molecule has 0 radical (unpaired) electrons. The summed E-state index contributed by atoms with van der Waals surface area (Å²) in [6.07, 6.45) is 0. The van der Waals surface area contributed by atoms with Gasteiger partial charge in [0.25, 0.3) is 0 Å². The molecule has 2 heterocycles. The number of amides is 1. The maximum atomic E-state index is 13.0. The van der Waals surface area contributed by atoms with Gasteiger partial charge >= 0.3 is 0 Å². The second-order valence-electron chi connectivity index (χ2n) is 6.65. The molecule has 1 amide bonds. The van der Waals surface area contributed by atoms with Gasteiger partial charge in [0.05, 0.1) is 17.3 Å². The summed E-state index contributed by atoms with van der Waals surface area (Å²) < 4.78 is 15.0. The van der Waals surface area contributed by atoms with Gasteiger partial charge in [-0.25, -0.2) is 4.39 Å². The summed E-state index contributed by atoms with van der Waals surface area (Å²) in [5, 5.41) is 13.2. The molecule has 4 aromatic rings. The van der Waals surface area contributed by atoms with E-state index in [1.807, 2.05) is 42.5 Å². The van der Waals surface area contributed by atoms with Crippen molar-refractivity contribution in [1.82, 2.24) is 19.9 Å². The van der Waals surface area contributed by atoms with Crippen LogP contribution in [0.3, 0.4) is 0 Å². The van der Waals surface area contributed by atoms with Gasteiger partial charge in [-0.3, -0.25) is 9.20 Å². The fourth-order valence-corrected chi connectivity index (χ4v) is 3.98. The number of pyridine rings is 1. The van der Waals surface area contributed by atoms with Crippen molar-refractivity contribution >= 4 is 34.2 Å². The second-order valence-corrected chi connectivity index (χ2v) is 7.59. The van der Waals surface area contributed by atoms with Gasteiger partial charge in [0, 0.05) is 5.39 Å². The van der Waals surface area contributed by atoms with E-state index in [0.717, 1.165) is 27.7 Å². The number of rotatable bonds is 5. The fourth-order valence-electron chi connectivity index (χ4n) is 3.22. The summed E-state index contributed by atoms with van der Waals surface area (Å²) >= 11 is 1.34. The second kappa shape index (κ2) is 7.59. The largest absolute Gasteiger partial charge is 0.349 e. The van der Waals surface area contributed by atoms with Crippen molar-refractivity contribution in [3.05, 3.63) is 71.5 Å². The first-order valence-electron chi connectivity index (χ1n) is 8.94. The summed E-state index contributed by atoms with van der Waals surface area (Å²) in [4.78, 5) is 12.4. The van der Waals surface area contributed by atoms with Crippen molar-refractivity contribution in [3.8, 4) is 0 Å². The average Bonchev–Trinajstić information content (AvgIpc) is 3.10. The van der Waals surface area contributed by atoms with E-state index < -0.39 is 0 Å². The van der Waals surface area contributed by atoms with E-state index >= 15 is 0 Å². The van der Waals surface area contributed by atoms with Crippen molar-refractivity contribution in [2.75, 3.05) is 5.75 Å². The molecule has 0 spiro atoms. The molecular formula is C21H19FN4OS. The lowest BCUT2D eigenvalue weighted by Gasteiger charge is -2.14. The molecule has 7 heteroatoms. The third-order valence-corrected chi connectivity index (χ3v) is 5.58. The highest BCUT2D eigenvalue weighted by Crippen LogP contribution is 2.25. The number of para-hydroxylation sites is 1. The van der Waals surface area contributed by atoms with Gasteiger partial charge in [-0.05, 0) is 49.2 Å². The molecule has 0 saturated carbocycles. The Morgan fingerprint density at radius 3 is 2.71 bits per heavy atom. The minimum absolute atomic E-state index is 0.116. The number of halogens is 1. The van der Waals surface area contributed by atoms with Crippen molar-refractivity contribution < 1.29 is 9.18 Å². The molecule has 0 unspecified atom stereocenters. The maximum absolute atomic E-state index is 13.0. The molecule has 0 bridgehead atoms. The molecule has 0 aliphatic carbocycles. The Bertz CT molecular complexity index is 1160. The predicted octanol–water partition coefficient (Wildman–Crippen LogP) is 4.30. The number of benzene rings is 2. The third-order valence-electron chi connectivity index (χ3n) is 4.65. The summed E-state index contributed by atoms with van der Waals surface area (Å²) in [5.74, 6) is -0.192. The summed E-state index contributed by atoms with van der Waals surface area (Å²) in [6, 6.07) is 16.0. The zero-order valence-electron chi connectivity index (χ0n) is 15.5. The number of carbonyl (C=O) groups is 1. The van der Waals surface area contributed by atoms with Crippen LogP contribution in [0, 0.1) is 12.7 Å². The van der Waals surface area contributed by atoms with Crippen LogP contribution >= 0.6 is 11.8 Å². The Kier molecular flexibility index (Phi) is 5.00. The van der Waals surface area contributed by atoms with E-state index in [2.05, 4.69) is 21.6 Å². The van der Waals surface area contributed by atoms with Gasteiger partial charge in [-0.1, -0.05) is 42.1 Å². The number of carbonyl (C=O) groups excluding carboxylic acids is 1. The minimum atomic E-state index is -0.293. The summed E-state index contributed by atoms with van der Waals surface area (Å²) in [5.41, 5.74) is 3.77. The van der Waals surface area contributed by atoms with Crippen LogP contribution in [0.5, 0.6) is 0 Å². The molecule has 28 heavy (non-hydrogen) atoms. The number of nitrogens with zero attached hydrogens (tertiary/aromatic N) is 3. The molecule has 2 aromatic carbocycles. The monoisotopic (exact) mass is 394 g/mol. The van der Waals surface area contributed by atoms with E-state index in [1.165, 1.54) is 23.9 Å². The van der Waals surface area contributed by atoms with Crippen molar-refractivity contribution in [1.29, 1.82) is 0 Å². The van der Waals surface area contributed by atoms with Gasteiger partial charge in [-0.2, -0.15) is 0 Å². The van der Waals surface area contributed by atoms with Gasteiger partial charge in [-0.15, -0.1) is 10.2 Å². The van der Waals surface area contributed by atoms with E-state index in [4.69, 9.17) is 0 Å².